The Balaban J connectivity index is 1.75. The lowest BCUT2D eigenvalue weighted by Crippen LogP contribution is -2.32. The van der Waals surface area contributed by atoms with Gasteiger partial charge in [0.1, 0.15) is 6.54 Å². The van der Waals surface area contributed by atoms with E-state index in [2.05, 4.69) is 4.74 Å². The molecule has 0 radical (unpaired) electrons. The molecular formula is C19H25NO5. The van der Waals surface area contributed by atoms with E-state index in [1.807, 2.05) is 18.2 Å². The largest absolute Gasteiger partial charge is 0.493 e. The predicted octanol–water partition coefficient (Wildman–Crippen LogP) is 2.51. The Hall–Kier alpha value is -2.24. The molecule has 0 N–H and O–H groups in total. The molecule has 1 aliphatic carbocycles. The lowest BCUT2D eigenvalue weighted by Gasteiger charge is -2.19. The van der Waals surface area contributed by atoms with Crippen LogP contribution in [0.3, 0.4) is 0 Å². The summed E-state index contributed by atoms with van der Waals surface area (Å²) < 4.78 is 16.2. The molecule has 1 saturated heterocycles. The normalized spacial score (nSPS) is 20.8. The molecule has 1 aliphatic heterocycles. The summed E-state index contributed by atoms with van der Waals surface area (Å²) in [4.78, 5) is 25.6. The molecule has 1 aromatic rings. The standard InChI is InChI=1S/C19H25NO5/c1-23-16-8-7-13(11-17(16)25-14-5-3-4-6-14)15-9-10-20(19(15)22)12-18(21)24-2/h7-8,11,14-15H,3-6,9-10,12H2,1-2H3/t15-/m1/s1. The molecular weight excluding hydrogens is 322 g/mol. The minimum absolute atomic E-state index is 0.00736. The van der Waals surface area contributed by atoms with Crippen LogP contribution in [0.15, 0.2) is 18.2 Å². The van der Waals surface area contributed by atoms with Crippen LogP contribution >= 0.6 is 0 Å². The number of hydrogen-bond donors (Lipinski definition) is 0. The number of methoxy groups -OCH3 is 2. The fourth-order valence-electron chi connectivity index (χ4n) is 3.61. The Morgan fingerprint density at radius 2 is 1.92 bits per heavy atom. The van der Waals surface area contributed by atoms with Gasteiger partial charge in [-0.05, 0) is 49.8 Å². The number of esters is 1. The molecule has 0 aromatic heterocycles. The van der Waals surface area contributed by atoms with Crippen molar-refractivity contribution in [1.29, 1.82) is 0 Å². The molecule has 1 amide bonds. The van der Waals surface area contributed by atoms with Gasteiger partial charge in [0.05, 0.1) is 26.2 Å². The average molecular weight is 347 g/mol. The first-order valence-corrected chi connectivity index (χ1v) is 8.82. The zero-order valence-corrected chi connectivity index (χ0v) is 14.8. The highest BCUT2D eigenvalue weighted by Crippen LogP contribution is 2.37. The van der Waals surface area contributed by atoms with Gasteiger partial charge >= 0.3 is 5.97 Å². The number of amides is 1. The second-order valence-electron chi connectivity index (χ2n) is 6.61. The fraction of sp³-hybridized carbons (Fsp3) is 0.579. The van der Waals surface area contributed by atoms with Crippen LogP contribution in [0.1, 0.15) is 43.6 Å². The van der Waals surface area contributed by atoms with Gasteiger partial charge in [-0.25, -0.2) is 0 Å². The van der Waals surface area contributed by atoms with Gasteiger partial charge in [0.2, 0.25) is 5.91 Å². The maximum Gasteiger partial charge on any atom is 0.325 e. The molecule has 1 aromatic carbocycles. The van der Waals surface area contributed by atoms with E-state index in [0.29, 0.717) is 24.5 Å². The number of rotatable bonds is 6. The van der Waals surface area contributed by atoms with Gasteiger partial charge in [-0.2, -0.15) is 0 Å². The van der Waals surface area contributed by atoms with Crippen molar-refractivity contribution in [2.75, 3.05) is 27.3 Å². The van der Waals surface area contributed by atoms with Crippen LogP contribution in [0.2, 0.25) is 0 Å². The van der Waals surface area contributed by atoms with Crippen molar-refractivity contribution in [3.05, 3.63) is 23.8 Å². The monoisotopic (exact) mass is 347 g/mol. The van der Waals surface area contributed by atoms with Crippen molar-refractivity contribution < 1.29 is 23.8 Å². The lowest BCUT2D eigenvalue weighted by molar-refractivity contribution is -0.145. The first kappa shape index (κ1) is 17.6. The maximum atomic E-state index is 12.6. The molecule has 25 heavy (non-hydrogen) atoms. The van der Waals surface area contributed by atoms with Crippen molar-refractivity contribution in [3.8, 4) is 11.5 Å². The second kappa shape index (κ2) is 7.76. The van der Waals surface area contributed by atoms with Gasteiger partial charge in [0.15, 0.2) is 11.5 Å². The number of carbonyl (C=O) groups is 2. The van der Waals surface area contributed by atoms with E-state index in [-0.39, 0.29) is 24.5 Å². The fourth-order valence-corrected chi connectivity index (χ4v) is 3.61. The molecule has 0 spiro atoms. The van der Waals surface area contributed by atoms with Crippen LogP contribution in [0.4, 0.5) is 0 Å². The lowest BCUT2D eigenvalue weighted by atomic mass is 9.97. The van der Waals surface area contributed by atoms with E-state index in [1.54, 1.807) is 12.0 Å². The first-order valence-electron chi connectivity index (χ1n) is 8.82. The van der Waals surface area contributed by atoms with Crippen LogP contribution in [-0.4, -0.2) is 50.2 Å². The van der Waals surface area contributed by atoms with Crippen LogP contribution < -0.4 is 9.47 Å². The molecule has 2 aliphatic rings. The smallest absolute Gasteiger partial charge is 0.325 e. The third kappa shape index (κ3) is 3.89. The van der Waals surface area contributed by atoms with Crippen molar-refractivity contribution in [3.63, 3.8) is 0 Å². The molecule has 1 saturated carbocycles. The molecule has 6 heteroatoms. The highest BCUT2D eigenvalue weighted by atomic mass is 16.5. The number of likely N-dealkylation sites (tertiary alicyclic amines) is 1. The van der Waals surface area contributed by atoms with Gasteiger partial charge in [0.25, 0.3) is 0 Å². The van der Waals surface area contributed by atoms with E-state index < -0.39 is 5.97 Å². The Kier molecular flexibility index (Phi) is 5.46. The van der Waals surface area contributed by atoms with Crippen molar-refractivity contribution in [1.82, 2.24) is 4.90 Å². The average Bonchev–Trinajstić information content (AvgIpc) is 3.25. The molecule has 2 fully saturated rings. The summed E-state index contributed by atoms with van der Waals surface area (Å²) in [5.74, 6) is 0.705. The minimum atomic E-state index is -0.394. The van der Waals surface area contributed by atoms with Crippen molar-refractivity contribution in [2.45, 2.75) is 44.1 Å². The second-order valence-corrected chi connectivity index (χ2v) is 6.61. The van der Waals surface area contributed by atoms with Crippen LogP contribution in [0.5, 0.6) is 11.5 Å². The third-order valence-electron chi connectivity index (χ3n) is 5.03. The van der Waals surface area contributed by atoms with Gasteiger partial charge in [-0.1, -0.05) is 6.07 Å². The van der Waals surface area contributed by atoms with Crippen molar-refractivity contribution >= 4 is 11.9 Å². The number of carbonyl (C=O) groups excluding carboxylic acids is 2. The molecule has 6 nitrogen and oxygen atoms in total. The van der Waals surface area contributed by atoms with Gasteiger partial charge < -0.3 is 19.1 Å². The highest BCUT2D eigenvalue weighted by Gasteiger charge is 2.34. The molecule has 3 rings (SSSR count). The van der Waals surface area contributed by atoms with E-state index in [4.69, 9.17) is 9.47 Å². The topological polar surface area (TPSA) is 65.1 Å². The van der Waals surface area contributed by atoms with Gasteiger partial charge in [-0.15, -0.1) is 0 Å². The molecule has 136 valence electrons. The van der Waals surface area contributed by atoms with Crippen LogP contribution in [0.25, 0.3) is 0 Å². The molecule has 1 heterocycles. The predicted molar refractivity (Wildman–Crippen MR) is 91.8 cm³/mol. The van der Waals surface area contributed by atoms with Gasteiger partial charge in [-0.3, -0.25) is 9.59 Å². The van der Waals surface area contributed by atoms with Crippen LogP contribution in [0, 0.1) is 0 Å². The molecule has 1 atom stereocenters. The van der Waals surface area contributed by atoms with Crippen molar-refractivity contribution in [2.24, 2.45) is 0 Å². The third-order valence-corrected chi connectivity index (χ3v) is 5.03. The zero-order valence-electron chi connectivity index (χ0n) is 14.8. The zero-order chi connectivity index (χ0) is 17.8. The Bertz CT molecular complexity index is 639. The maximum absolute atomic E-state index is 12.6. The Morgan fingerprint density at radius 1 is 1.16 bits per heavy atom. The summed E-state index contributed by atoms with van der Waals surface area (Å²) in [6.07, 6.45) is 5.40. The Labute approximate surface area is 148 Å². The summed E-state index contributed by atoms with van der Waals surface area (Å²) in [5, 5.41) is 0. The number of hydrogen-bond acceptors (Lipinski definition) is 5. The number of nitrogens with zero attached hydrogens (tertiary/aromatic N) is 1. The van der Waals surface area contributed by atoms with Crippen LogP contribution in [-0.2, 0) is 14.3 Å². The van der Waals surface area contributed by atoms with E-state index in [9.17, 15) is 9.59 Å². The SMILES string of the molecule is COC(=O)CN1CC[C@H](c2ccc(OC)c(OC3CCCC3)c2)C1=O. The summed E-state index contributed by atoms with van der Waals surface area (Å²) in [6, 6.07) is 5.68. The summed E-state index contributed by atoms with van der Waals surface area (Å²) in [5.41, 5.74) is 0.908. The minimum Gasteiger partial charge on any atom is -0.493 e. The summed E-state index contributed by atoms with van der Waals surface area (Å²) in [6.45, 7) is 0.566. The summed E-state index contributed by atoms with van der Waals surface area (Å²) >= 11 is 0. The quantitative estimate of drug-likeness (QED) is 0.740. The first-order chi connectivity index (χ1) is 12.1. The van der Waals surface area contributed by atoms with E-state index in [1.165, 1.54) is 20.0 Å². The molecule has 0 unspecified atom stereocenters. The molecule has 0 bridgehead atoms. The van der Waals surface area contributed by atoms with E-state index >= 15 is 0 Å². The Morgan fingerprint density at radius 3 is 2.60 bits per heavy atom. The van der Waals surface area contributed by atoms with Gasteiger partial charge in [0, 0.05) is 6.54 Å². The highest BCUT2D eigenvalue weighted by molar-refractivity contribution is 5.89. The van der Waals surface area contributed by atoms with E-state index in [0.717, 1.165) is 18.4 Å². The number of ether oxygens (including phenoxy) is 3. The summed E-state index contributed by atoms with van der Waals surface area (Å²) in [7, 11) is 2.95. The number of benzene rings is 1.